The molecule has 15 heavy (non-hydrogen) atoms. The zero-order valence-electron chi connectivity index (χ0n) is 9.38. The van der Waals surface area contributed by atoms with Crippen LogP contribution >= 0.6 is 15.9 Å². The second-order valence-corrected chi connectivity index (χ2v) is 5.89. The molecule has 0 bridgehead atoms. The lowest BCUT2D eigenvalue weighted by Crippen LogP contribution is -1.94. The van der Waals surface area contributed by atoms with E-state index in [1.807, 2.05) is 0 Å². The number of benzene rings is 1. The van der Waals surface area contributed by atoms with Crippen LogP contribution in [0.5, 0.6) is 0 Å². The van der Waals surface area contributed by atoms with Gasteiger partial charge in [-0.1, -0.05) is 53.5 Å². The lowest BCUT2D eigenvalue weighted by molar-refractivity contribution is 0.724. The second kappa shape index (κ2) is 5.16. The zero-order chi connectivity index (χ0) is 10.7. The third-order valence-electron chi connectivity index (χ3n) is 3.36. The topological polar surface area (TPSA) is 0 Å². The van der Waals surface area contributed by atoms with Gasteiger partial charge in [-0.25, -0.2) is 0 Å². The number of aryl methyl sites for hydroxylation is 1. The van der Waals surface area contributed by atoms with Crippen molar-refractivity contribution in [2.24, 2.45) is 0 Å². The average molecular weight is 267 g/mol. The number of halogens is 1. The van der Waals surface area contributed by atoms with E-state index in [4.69, 9.17) is 0 Å². The van der Waals surface area contributed by atoms with Crippen LogP contribution in [0.3, 0.4) is 0 Å². The van der Waals surface area contributed by atoms with Crippen LogP contribution in [0.2, 0.25) is 0 Å². The van der Waals surface area contributed by atoms with E-state index in [-0.39, 0.29) is 0 Å². The summed E-state index contributed by atoms with van der Waals surface area (Å²) in [5, 5.41) is 0. The first-order valence-electron chi connectivity index (χ1n) is 6.02. The molecule has 2 rings (SSSR count). The lowest BCUT2D eigenvalue weighted by atomic mass is 9.96. The van der Waals surface area contributed by atoms with Crippen molar-refractivity contribution in [3.05, 3.63) is 35.4 Å². The van der Waals surface area contributed by atoms with Crippen LogP contribution in [0.4, 0.5) is 0 Å². The van der Waals surface area contributed by atoms with Gasteiger partial charge in [0.05, 0.1) is 0 Å². The molecule has 0 N–H and O–H groups in total. The fraction of sp³-hybridized carbons (Fsp3) is 0.571. The Morgan fingerprint density at radius 2 is 1.93 bits per heavy atom. The monoisotopic (exact) mass is 266 g/mol. The van der Waals surface area contributed by atoms with Crippen LogP contribution in [-0.4, -0.2) is 4.83 Å². The molecule has 0 heterocycles. The number of hydrogen-bond donors (Lipinski definition) is 0. The highest BCUT2D eigenvalue weighted by Gasteiger charge is 2.23. The summed E-state index contributed by atoms with van der Waals surface area (Å²) in [7, 11) is 0. The first-order chi connectivity index (χ1) is 7.29. The lowest BCUT2D eigenvalue weighted by Gasteiger charge is -2.10. The van der Waals surface area contributed by atoms with E-state index in [0.717, 1.165) is 10.7 Å². The Kier molecular flexibility index (Phi) is 3.85. The molecular weight excluding hydrogens is 248 g/mol. The fourth-order valence-corrected chi connectivity index (χ4v) is 3.19. The highest BCUT2D eigenvalue weighted by molar-refractivity contribution is 9.09. The molecule has 82 valence electrons. The third-order valence-corrected chi connectivity index (χ3v) is 4.19. The Hall–Kier alpha value is -0.300. The van der Waals surface area contributed by atoms with Crippen molar-refractivity contribution in [1.29, 1.82) is 0 Å². The van der Waals surface area contributed by atoms with Crippen molar-refractivity contribution in [3.8, 4) is 0 Å². The van der Waals surface area contributed by atoms with E-state index in [2.05, 4.69) is 47.1 Å². The van der Waals surface area contributed by atoms with Crippen LogP contribution < -0.4 is 0 Å². The van der Waals surface area contributed by atoms with Crippen molar-refractivity contribution < 1.29 is 0 Å². The molecule has 0 amide bonds. The first-order valence-corrected chi connectivity index (χ1v) is 6.94. The Bertz CT molecular complexity index is 302. The minimum atomic E-state index is 0.748. The molecule has 0 spiro atoms. The summed E-state index contributed by atoms with van der Waals surface area (Å²) in [5.74, 6) is 0.796. The van der Waals surface area contributed by atoms with E-state index in [9.17, 15) is 0 Å². The van der Waals surface area contributed by atoms with Gasteiger partial charge in [-0.05, 0) is 42.7 Å². The van der Waals surface area contributed by atoms with E-state index in [1.54, 1.807) is 0 Å². The predicted molar refractivity (Wildman–Crippen MR) is 69.7 cm³/mol. The van der Waals surface area contributed by atoms with Gasteiger partial charge in [-0.15, -0.1) is 0 Å². The SMILES string of the molecule is CCCc1ccc(C2CCC(Br)C2)cc1. The van der Waals surface area contributed by atoms with Crippen molar-refractivity contribution >= 4 is 15.9 Å². The maximum absolute atomic E-state index is 3.72. The molecule has 2 atom stereocenters. The summed E-state index contributed by atoms with van der Waals surface area (Å²) in [4.78, 5) is 0.748. The van der Waals surface area contributed by atoms with Gasteiger partial charge in [0, 0.05) is 4.83 Å². The summed E-state index contributed by atoms with van der Waals surface area (Å²) in [6.07, 6.45) is 6.45. The Morgan fingerprint density at radius 1 is 1.20 bits per heavy atom. The summed E-state index contributed by atoms with van der Waals surface area (Å²) in [5.41, 5.74) is 3.02. The normalized spacial score (nSPS) is 25.7. The van der Waals surface area contributed by atoms with Gasteiger partial charge < -0.3 is 0 Å². The Morgan fingerprint density at radius 3 is 2.47 bits per heavy atom. The van der Waals surface area contributed by atoms with Gasteiger partial charge in [-0.2, -0.15) is 0 Å². The smallest absolute Gasteiger partial charge is 0.0151 e. The standard InChI is InChI=1S/C14H19Br/c1-2-3-11-4-6-12(7-5-11)13-8-9-14(15)10-13/h4-7,13-14H,2-3,8-10H2,1H3. The molecule has 0 saturated heterocycles. The van der Waals surface area contributed by atoms with Gasteiger partial charge >= 0.3 is 0 Å². The molecular formula is C14H19Br. The minimum Gasteiger partial charge on any atom is -0.0890 e. The van der Waals surface area contributed by atoms with Gasteiger partial charge in [-0.3, -0.25) is 0 Å². The van der Waals surface area contributed by atoms with E-state index >= 15 is 0 Å². The van der Waals surface area contributed by atoms with E-state index < -0.39 is 0 Å². The van der Waals surface area contributed by atoms with Crippen molar-refractivity contribution in [1.82, 2.24) is 0 Å². The molecule has 0 aliphatic heterocycles. The Balaban J connectivity index is 2.03. The molecule has 1 saturated carbocycles. The quantitative estimate of drug-likeness (QED) is 0.698. The summed E-state index contributed by atoms with van der Waals surface area (Å²) in [6, 6.07) is 9.28. The molecule has 1 aliphatic carbocycles. The van der Waals surface area contributed by atoms with Gasteiger partial charge in [0.25, 0.3) is 0 Å². The largest absolute Gasteiger partial charge is 0.0890 e. The predicted octanol–water partition coefficient (Wildman–Crippen LogP) is 4.67. The van der Waals surface area contributed by atoms with E-state index in [0.29, 0.717) is 0 Å². The maximum Gasteiger partial charge on any atom is 0.0151 e. The van der Waals surface area contributed by atoms with Gasteiger partial charge in [0.15, 0.2) is 0 Å². The number of rotatable bonds is 3. The van der Waals surface area contributed by atoms with Gasteiger partial charge in [0.2, 0.25) is 0 Å². The number of hydrogen-bond acceptors (Lipinski definition) is 0. The van der Waals surface area contributed by atoms with Crippen molar-refractivity contribution in [3.63, 3.8) is 0 Å². The van der Waals surface area contributed by atoms with Crippen molar-refractivity contribution in [2.45, 2.75) is 49.8 Å². The molecule has 0 aromatic heterocycles. The maximum atomic E-state index is 3.72. The van der Waals surface area contributed by atoms with Crippen molar-refractivity contribution in [2.75, 3.05) is 0 Å². The fourth-order valence-electron chi connectivity index (χ4n) is 2.47. The summed E-state index contributed by atoms with van der Waals surface area (Å²) < 4.78 is 0. The molecule has 2 unspecified atom stereocenters. The molecule has 0 nitrogen and oxygen atoms in total. The highest BCUT2D eigenvalue weighted by atomic mass is 79.9. The molecule has 0 radical (unpaired) electrons. The molecule has 1 heteroatoms. The highest BCUT2D eigenvalue weighted by Crippen LogP contribution is 2.37. The number of alkyl halides is 1. The van der Waals surface area contributed by atoms with Crippen LogP contribution in [0.15, 0.2) is 24.3 Å². The molecule has 1 aliphatic rings. The first kappa shape index (κ1) is 11.2. The third kappa shape index (κ3) is 2.84. The molecule has 1 fully saturated rings. The summed E-state index contributed by atoms with van der Waals surface area (Å²) >= 11 is 3.72. The summed E-state index contributed by atoms with van der Waals surface area (Å²) in [6.45, 7) is 2.24. The van der Waals surface area contributed by atoms with E-state index in [1.165, 1.54) is 43.2 Å². The zero-order valence-corrected chi connectivity index (χ0v) is 11.0. The minimum absolute atomic E-state index is 0.748. The van der Waals surface area contributed by atoms with Crippen LogP contribution in [0.1, 0.15) is 49.7 Å². The van der Waals surface area contributed by atoms with Crippen LogP contribution in [0.25, 0.3) is 0 Å². The van der Waals surface area contributed by atoms with Gasteiger partial charge in [0.1, 0.15) is 0 Å². The average Bonchev–Trinajstić information content (AvgIpc) is 2.67. The second-order valence-electron chi connectivity index (χ2n) is 4.60. The molecule has 1 aromatic carbocycles. The molecule has 1 aromatic rings. The Labute approximate surface area is 101 Å². The van der Waals surface area contributed by atoms with Crippen LogP contribution in [-0.2, 0) is 6.42 Å². The van der Waals surface area contributed by atoms with Crippen LogP contribution in [0, 0.1) is 0 Å².